The number of nitrogens with two attached hydrogens (primary N) is 1. The molecule has 140 valence electrons. The van der Waals surface area contributed by atoms with Gasteiger partial charge in [0.2, 0.25) is 15.9 Å². The number of rotatable bonds is 7. The maximum Gasteiger partial charge on any atom is 0.230 e. The van der Waals surface area contributed by atoms with E-state index in [1.807, 2.05) is 44.2 Å². The van der Waals surface area contributed by atoms with Crippen molar-refractivity contribution in [2.45, 2.75) is 32.4 Å². The summed E-state index contributed by atoms with van der Waals surface area (Å²) < 4.78 is 26.7. The molecular formula is C18H29N3O3S. The topological polar surface area (TPSA) is 83.7 Å². The highest BCUT2D eigenvalue weighted by atomic mass is 32.2. The second-order valence-electron chi connectivity index (χ2n) is 6.62. The van der Waals surface area contributed by atoms with Gasteiger partial charge in [0.05, 0.1) is 11.2 Å². The number of benzene rings is 1. The lowest BCUT2D eigenvalue weighted by atomic mass is 9.81. The zero-order chi connectivity index (χ0) is 18.5. The lowest BCUT2D eigenvalue weighted by Crippen LogP contribution is -2.55. The van der Waals surface area contributed by atoms with E-state index in [-0.39, 0.29) is 11.7 Å². The first-order valence-corrected chi connectivity index (χ1v) is 10.5. The molecule has 2 N–H and O–H groups in total. The Morgan fingerprint density at radius 3 is 2.12 bits per heavy atom. The minimum Gasteiger partial charge on any atom is -0.340 e. The van der Waals surface area contributed by atoms with Crippen LogP contribution in [0.1, 0.15) is 32.3 Å². The summed E-state index contributed by atoms with van der Waals surface area (Å²) in [5.74, 6) is 0.0541. The Kier molecular flexibility index (Phi) is 6.59. The van der Waals surface area contributed by atoms with Crippen LogP contribution in [0.2, 0.25) is 0 Å². The number of carbonyl (C=O) groups excluding carboxylic acids is 1. The molecule has 1 aliphatic rings. The molecule has 0 spiro atoms. The third-order valence-electron chi connectivity index (χ3n) is 5.31. The van der Waals surface area contributed by atoms with E-state index < -0.39 is 15.4 Å². The van der Waals surface area contributed by atoms with Crippen molar-refractivity contribution in [2.75, 3.05) is 32.7 Å². The van der Waals surface area contributed by atoms with Crippen molar-refractivity contribution < 1.29 is 13.2 Å². The molecule has 1 aromatic rings. The van der Waals surface area contributed by atoms with E-state index in [9.17, 15) is 13.2 Å². The average Bonchev–Trinajstić information content (AvgIpc) is 2.64. The third-order valence-corrected chi connectivity index (χ3v) is 7.16. The standard InChI is InChI=1S/C18H29N3O3S/c1-3-18(4-2,15-19)17(22)20-10-12-21(13-11-20)25(23,24)14-16-8-6-5-7-9-16/h5-9H,3-4,10-15,19H2,1-2H3. The van der Waals surface area contributed by atoms with Crippen LogP contribution in [0.15, 0.2) is 30.3 Å². The zero-order valence-electron chi connectivity index (χ0n) is 15.1. The highest BCUT2D eigenvalue weighted by Crippen LogP contribution is 2.28. The second-order valence-corrected chi connectivity index (χ2v) is 8.59. The monoisotopic (exact) mass is 367 g/mol. The summed E-state index contributed by atoms with van der Waals surface area (Å²) in [7, 11) is -3.37. The van der Waals surface area contributed by atoms with Crippen molar-refractivity contribution in [3.8, 4) is 0 Å². The van der Waals surface area contributed by atoms with Crippen molar-refractivity contribution in [1.82, 2.24) is 9.21 Å². The van der Waals surface area contributed by atoms with E-state index in [0.717, 1.165) is 5.56 Å². The van der Waals surface area contributed by atoms with Gasteiger partial charge in [-0.25, -0.2) is 8.42 Å². The van der Waals surface area contributed by atoms with Crippen LogP contribution in [0.4, 0.5) is 0 Å². The molecule has 2 rings (SSSR count). The molecule has 1 fully saturated rings. The molecule has 7 heteroatoms. The fourth-order valence-electron chi connectivity index (χ4n) is 3.31. The summed E-state index contributed by atoms with van der Waals surface area (Å²) in [6.45, 7) is 5.82. The van der Waals surface area contributed by atoms with Crippen molar-refractivity contribution in [1.29, 1.82) is 0 Å². The molecule has 0 aromatic heterocycles. The zero-order valence-corrected chi connectivity index (χ0v) is 16.0. The van der Waals surface area contributed by atoms with E-state index >= 15 is 0 Å². The predicted molar refractivity (Wildman–Crippen MR) is 99.3 cm³/mol. The van der Waals surface area contributed by atoms with Crippen molar-refractivity contribution >= 4 is 15.9 Å². The van der Waals surface area contributed by atoms with Gasteiger partial charge in [0.15, 0.2) is 0 Å². The number of piperazine rings is 1. The van der Waals surface area contributed by atoms with Crippen molar-refractivity contribution in [2.24, 2.45) is 11.1 Å². The van der Waals surface area contributed by atoms with Gasteiger partial charge in [-0.1, -0.05) is 44.2 Å². The molecule has 0 unspecified atom stereocenters. The molecule has 1 aliphatic heterocycles. The summed E-state index contributed by atoms with van der Waals surface area (Å²) in [6.07, 6.45) is 1.40. The summed E-state index contributed by atoms with van der Waals surface area (Å²) in [4.78, 5) is 14.6. The fraction of sp³-hybridized carbons (Fsp3) is 0.611. The van der Waals surface area contributed by atoms with E-state index in [1.54, 1.807) is 4.90 Å². The average molecular weight is 368 g/mol. The predicted octanol–water partition coefficient (Wildman–Crippen LogP) is 1.43. The van der Waals surface area contributed by atoms with Gasteiger partial charge in [-0.05, 0) is 18.4 Å². The molecule has 0 radical (unpaired) electrons. The van der Waals surface area contributed by atoms with Gasteiger partial charge in [0, 0.05) is 32.7 Å². The fourth-order valence-corrected chi connectivity index (χ4v) is 4.83. The van der Waals surface area contributed by atoms with E-state index in [2.05, 4.69) is 0 Å². The van der Waals surface area contributed by atoms with Gasteiger partial charge >= 0.3 is 0 Å². The number of hydrogen-bond acceptors (Lipinski definition) is 4. The normalized spacial score (nSPS) is 16.8. The quantitative estimate of drug-likeness (QED) is 0.790. The first-order chi connectivity index (χ1) is 11.9. The summed E-state index contributed by atoms with van der Waals surface area (Å²) >= 11 is 0. The van der Waals surface area contributed by atoms with Crippen LogP contribution < -0.4 is 5.73 Å². The highest BCUT2D eigenvalue weighted by molar-refractivity contribution is 7.88. The van der Waals surface area contributed by atoms with Crippen LogP contribution in [0, 0.1) is 5.41 Å². The summed E-state index contributed by atoms with van der Waals surface area (Å²) in [5, 5.41) is 0. The second kappa shape index (κ2) is 8.29. The number of sulfonamides is 1. The van der Waals surface area contributed by atoms with Crippen LogP contribution in [-0.2, 0) is 20.6 Å². The maximum atomic E-state index is 12.8. The van der Waals surface area contributed by atoms with Gasteiger partial charge in [0.1, 0.15) is 0 Å². The van der Waals surface area contributed by atoms with Crippen LogP contribution >= 0.6 is 0 Å². The highest BCUT2D eigenvalue weighted by Gasteiger charge is 2.39. The van der Waals surface area contributed by atoms with E-state index in [1.165, 1.54) is 4.31 Å². The smallest absolute Gasteiger partial charge is 0.230 e. The van der Waals surface area contributed by atoms with Crippen LogP contribution in [0.5, 0.6) is 0 Å². The Morgan fingerprint density at radius 1 is 1.08 bits per heavy atom. The molecule has 6 nitrogen and oxygen atoms in total. The summed E-state index contributed by atoms with van der Waals surface area (Å²) in [6, 6.07) is 9.17. The lowest BCUT2D eigenvalue weighted by molar-refractivity contribution is -0.143. The molecule has 1 aromatic carbocycles. The molecule has 25 heavy (non-hydrogen) atoms. The Morgan fingerprint density at radius 2 is 1.64 bits per heavy atom. The Bertz CT molecular complexity index is 656. The molecule has 1 heterocycles. The minimum absolute atomic E-state index is 0.00154. The molecule has 0 aliphatic carbocycles. The number of nitrogens with zero attached hydrogens (tertiary/aromatic N) is 2. The minimum atomic E-state index is -3.37. The van der Waals surface area contributed by atoms with Crippen LogP contribution in [0.25, 0.3) is 0 Å². The Balaban J connectivity index is 2.00. The molecular weight excluding hydrogens is 338 g/mol. The molecule has 1 amide bonds. The number of carbonyl (C=O) groups is 1. The SMILES string of the molecule is CCC(CC)(CN)C(=O)N1CCN(S(=O)(=O)Cc2ccccc2)CC1. The number of amides is 1. The first kappa shape index (κ1) is 19.9. The first-order valence-electron chi connectivity index (χ1n) is 8.89. The molecule has 0 saturated carbocycles. The van der Waals surface area contributed by atoms with Crippen LogP contribution in [-0.4, -0.2) is 56.3 Å². The molecule has 0 atom stereocenters. The van der Waals surface area contributed by atoms with Gasteiger partial charge in [-0.15, -0.1) is 0 Å². The molecule has 1 saturated heterocycles. The largest absolute Gasteiger partial charge is 0.340 e. The lowest BCUT2D eigenvalue weighted by Gasteiger charge is -2.39. The van der Waals surface area contributed by atoms with Crippen molar-refractivity contribution in [3.05, 3.63) is 35.9 Å². The van der Waals surface area contributed by atoms with Crippen LogP contribution in [0.3, 0.4) is 0 Å². The van der Waals surface area contributed by atoms with Gasteiger partial charge < -0.3 is 10.6 Å². The van der Waals surface area contributed by atoms with Crippen molar-refractivity contribution in [3.63, 3.8) is 0 Å². The number of hydrogen-bond donors (Lipinski definition) is 1. The van der Waals surface area contributed by atoms with E-state index in [0.29, 0.717) is 45.6 Å². The van der Waals surface area contributed by atoms with Gasteiger partial charge in [-0.2, -0.15) is 4.31 Å². The Hall–Kier alpha value is -1.44. The third kappa shape index (κ3) is 4.40. The Labute approximate surface area is 151 Å². The van der Waals surface area contributed by atoms with Gasteiger partial charge in [0.25, 0.3) is 0 Å². The summed E-state index contributed by atoms with van der Waals surface area (Å²) in [5.41, 5.74) is 6.12. The molecule has 0 bridgehead atoms. The van der Waals surface area contributed by atoms with Gasteiger partial charge in [-0.3, -0.25) is 4.79 Å². The maximum absolute atomic E-state index is 12.8. The van der Waals surface area contributed by atoms with E-state index in [4.69, 9.17) is 5.73 Å².